The molecule has 3 rings (SSSR count). The van der Waals surface area contributed by atoms with Crippen molar-refractivity contribution in [3.63, 3.8) is 0 Å². The first kappa shape index (κ1) is 18.9. The monoisotopic (exact) mass is 403 g/mol. The highest BCUT2D eigenvalue weighted by Gasteiger charge is 2.19. The van der Waals surface area contributed by atoms with Gasteiger partial charge in [-0.25, -0.2) is 13.8 Å². The van der Waals surface area contributed by atoms with Gasteiger partial charge in [-0.2, -0.15) is 5.10 Å². The quantitative estimate of drug-likeness (QED) is 0.485. The number of thiophene rings is 1. The first-order valence-electron chi connectivity index (χ1n) is 7.93. The van der Waals surface area contributed by atoms with Gasteiger partial charge in [0.15, 0.2) is 0 Å². The number of carbonyl (C=O) groups excluding carboxylic acids is 1. The van der Waals surface area contributed by atoms with Crippen LogP contribution in [-0.4, -0.2) is 20.0 Å². The maximum Gasteiger partial charge on any atom is 0.273 e. The molecule has 1 amide bonds. The summed E-state index contributed by atoms with van der Waals surface area (Å²) in [5.41, 5.74) is 3.25. The van der Waals surface area contributed by atoms with Gasteiger partial charge >= 0.3 is 0 Å². The normalized spacial score (nSPS) is 12.0. The summed E-state index contributed by atoms with van der Waals surface area (Å²) < 4.78 is 32.9. The van der Waals surface area contributed by atoms with E-state index < -0.39 is 15.9 Å². The fourth-order valence-electron chi connectivity index (χ4n) is 2.26. The molecule has 0 saturated heterocycles. The van der Waals surface area contributed by atoms with Gasteiger partial charge in [-0.05, 0) is 49.6 Å². The van der Waals surface area contributed by atoms with Crippen LogP contribution in [-0.2, 0) is 10.0 Å². The Kier molecular flexibility index (Phi) is 5.43. The summed E-state index contributed by atoms with van der Waals surface area (Å²) in [6.07, 6.45) is 0. The number of para-hydroxylation sites is 1. The van der Waals surface area contributed by atoms with Crippen LogP contribution in [0.15, 0.2) is 67.6 Å². The van der Waals surface area contributed by atoms with Crippen LogP contribution >= 0.6 is 11.3 Å². The third-order valence-electron chi connectivity index (χ3n) is 3.60. The Labute approximate surface area is 160 Å². The Morgan fingerprint density at radius 1 is 1.11 bits per heavy atom. The smallest absolute Gasteiger partial charge is 0.273 e. The topological polar surface area (TPSA) is 101 Å². The highest BCUT2D eigenvalue weighted by molar-refractivity contribution is 7.94. The third-order valence-corrected chi connectivity index (χ3v) is 6.36. The largest absolute Gasteiger partial charge is 0.460 e. The van der Waals surface area contributed by atoms with E-state index in [1.807, 2.05) is 6.92 Å². The predicted molar refractivity (Wildman–Crippen MR) is 105 cm³/mol. The third kappa shape index (κ3) is 4.44. The van der Waals surface area contributed by atoms with Crippen LogP contribution < -0.4 is 10.1 Å². The van der Waals surface area contributed by atoms with Crippen molar-refractivity contribution >= 4 is 38.7 Å². The lowest BCUT2D eigenvalue weighted by atomic mass is 10.2. The van der Waals surface area contributed by atoms with Crippen molar-refractivity contribution in [3.8, 4) is 0 Å². The molecular formula is C18H17N3O4S2. The number of amides is 1. The van der Waals surface area contributed by atoms with Gasteiger partial charge in [-0.15, -0.1) is 11.3 Å². The molecule has 0 spiro atoms. The zero-order valence-electron chi connectivity index (χ0n) is 14.6. The van der Waals surface area contributed by atoms with Gasteiger partial charge in [0.05, 0.1) is 11.3 Å². The lowest BCUT2D eigenvalue weighted by Crippen LogP contribution is -2.22. The lowest BCUT2D eigenvalue weighted by molar-refractivity contribution is 0.0955. The summed E-state index contributed by atoms with van der Waals surface area (Å²) in [7, 11) is -3.76. The van der Waals surface area contributed by atoms with Crippen molar-refractivity contribution in [1.82, 2.24) is 5.43 Å². The van der Waals surface area contributed by atoms with Gasteiger partial charge in [-0.3, -0.25) is 9.52 Å². The molecule has 2 N–H and O–H groups in total. The lowest BCUT2D eigenvalue weighted by Gasteiger charge is -2.10. The number of anilines is 1. The Balaban J connectivity index is 1.80. The molecule has 3 aromatic rings. The van der Waals surface area contributed by atoms with E-state index in [4.69, 9.17) is 4.42 Å². The zero-order chi connectivity index (χ0) is 19.4. The Morgan fingerprint density at radius 3 is 2.56 bits per heavy atom. The minimum atomic E-state index is -3.76. The van der Waals surface area contributed by atoms with Gasteiger partial charge < -0.3 is 4.42 Å². The molecule has 0 saturated carbocycles. The number of hydrogen-bond donors (Lipinski definition) is 2. The molecule has 0 aliphatic heterocycles. The van der Waals surface area contributed by atoms with Crippen LogP contribution in [0.3, 0.4) is 0 Å². The molecule has 2 heterocycles. The van der Waals surface area contributed by atoms with E-state index in [1.54, 1.807) is 42.6 Å². The number of hydrazone groups is 1. The molecule has 140 valence electrons. The van der Waals surface area contributed by atoms with Gasteiger partial charge in [-0.1, -0.05) is 18.2 Å². The van der Waals surface area contributed by atoms with Crippen molar-refractivity contribution in [2.75, 3.05) is 4.72 Å². The molecule has 0 radical (unpaired) electrons. The van der Waals surface area contributed by atoms with E-state index in [2.05, 4.69) is 15.2 Å². The van der Waals surface area contributed by atoms with Gasteiger partial charge in [0.1, 0.15) is 21.4 Å². The molecule has 0 fully saturated rings. The number of nitrogens with zero attached hydrogens (tertiary/aromatic N) is 1. The highest BCUT2D eigenvalue weighted by atomic mass is 32.2. The molecule has 7 nitrogen and oxygen atoms in total. The number of nitrogens with one attached hydrogen (secondary N) is 2. The first-order valence-corrected chi connectivity index (χ1v) is 10.3. The first-order chi connectivity index (χ1) is 12.9. The second-order valence-corrected chi connectivity index (χ2v) is 8.49. The summed E-state index contributed by atoms with van der Waals surface area (Å²) in [6.45, 7) is 3.51. The van der Waals surface area contributed by atoms with Crippen LogP contribution in [0.1, 0.15) is 28.8 Å². The van der Waals surface area contributed by atoms with E-state index in [0.29, 0.717) is 11.5 Å². The maximum atomic E-state index is 12.5. The zero-order valence-corrected chi connectivity index (χ0v) is 16.2. The number of benzene rings is 1. The van der Waals surface area contributed by atoms with E-state index in [1.165, 1.54) is 18.2 Å². The fraction of sp³-hybridized carbons (Fsp3) is 0.111. The van der Waals surface area contributed by atoms with E-state index in [-0.39, 0.29) is 15.5 Å². The Bertz CT molecular complexity index is 1080. The average molecular weight is 403 g/mol. The molecule has 27 heavy (non-hydrogen) atoms. The number of sulfonamides is 1. The summed E-state index contributed by atoms with van der Waals surface area (Å²) in [5.74, 6) is 0.737. The second-order valence-electron chi connectivity index (χ2n) is 5.63. The number of furan rings is 1. The Hall–Kier alpha value is -2.91. The van der Waals surface area contributed by atoms with Gasteiger partial charge in [0.25, 0.3) is 15.9 Å². The second kappa shape index (κ2) is 7.77. The van der Waals surface area contributed by atoms with Crippen LogP contribution in [0.25, 0.3) is 0 Å². The molecule has 0 aliphatic rings. The van der Waals surface area contributed by atoms with Crippen molar-refractivity contribution < 1.29 is 17.6 Å². The summed E-state index contributed by atoms with van der Waals surface area (Å²) >= 11 is 1.09. The molecule has 0 unspecified atom stereocenters. The summed E-state index contributed by atoms with van der Waals surface area (Å²) in [4.78, 5) is 12.5. The molecular weight excluding hydrogens is 386 g/mol. The molecule has 1 aromatic carbocycles. The summed E-state index contributed by atoms with van der Waals surface area (Å²) in [5, 5.41) is 5.69. The number of aryl methyl sites for hydroxylation is 1. The van der Waals surface area contributed by atoms with E-state index in [0.717, 1.165) is 17.1 Å². The number of rotatable bonds is 6. The highest BCUT2D eigenvalue weighted by Crippen LogP contribution is 2.22. The molecule has 2 aromatic heterocycles. The van der Waals surface area contributed by atoms with Crippen molar-refractivity contribution in [3.05, 3.63) is 71.0 Å². The molecule has 9 heteroatoms. The summed E-state index contributed by atoms with van der Waals surface area (Å²) in [6, 6.07) is 13.0. The van der Waals surface area contributed by atoms with Gasteiger partial charge in [0.2, 0.25) is 0 Å². The average Bonchev–Trinajstić information content (AvgIpc) is 3.31. The number of carbonyl (C=O) groups is 1. The predicted octanol–water partition coefficient (Wildman–Crippen LogP) is 3.60. The van der Waals surface area contributed by atoms with Crippen LogP contribution in [0.2, 0.25) is 0 Å². The SMILES string of the molecule is C/C(=N\NC(=O)c1ccccc1NS(=O)(=O)c1cccs1)c1ccc(C)o1. The molecule has 0 aliphatic carbocycles. The Morgan fingerprint density at radius 2 is 1.89 bits per heavy atom. The minimum absolute atomic E-state index is 0.157. The van der Waals surface area contributed by atoms with Crippen molar-refractivity contribution in [1.29, 1.82) is 0 Å². The minimum Gasteiger partial charge on any atom is -0.460 e. The standard InChI is InChI=1S/C18H17N3O4S2/c1-12-9-10-16(25-12)13(2)19-20-18(22)14-6-3-4-7-15(14)21-27(23,24)17-8-5-11-26-17/h3-11,21H,1-2H3,(H,20,22)/b19-13+. The van der Waals surface area contributed by atoms with Crippen LogP contribution in [0.5, 0.6) is 0 Å². The maximum absolute atomic E-state index is 12.5. The van der Waals surface area contributed by atoms with Crippen LogP contribution in [0, 0.1) is 6.92 Å². The van der Waals surface area contributed by atoms with Gasteiger partial charge in [0, 0.05) is 0 Å². The van der Waals surface area contributed by atoms with Crippen molar-refractivity contribution in [2.45, 2.75) is 18.1 Å². The fourth-order valence-corrected chi connectivity index (χ4v) is 4.33. The number of hydrogen-bond acceptors (Lipinski definition) is 6. The molecule has 0 atom stereocenters. The van der Waals surface area contributed by atoms with Crippen LogP contribution in [0.4, 0.5) is 5.69 Å². The van der Waals surface area contributed by atoms with E-state index >= 15 is 0 Å². The van der Waals surface area contributed by atoms with E-state index in [9.17, 15) is 13.2 Å². The molecule has 0 bridgehead atoms. The van der Waals surface area contributed by atoms with Crippen molar-refractivity contribution in [2.24, 2.45) is 5.10 Å².